The summed E-state index contributed by atoms with van der Waals surface area (Å²) < 4.78 is 0. The fourth-order valence-electron chi connectivity index (χ4n) is 1.67. The molecule has 2 aromatic rings. The Kier molecular flexibility index (Phi) is 4.13. The van der Waals surface area contributed by atoms with Gasteiger partial charge in [0, 0.05) is 25.1 Å². The lowest BCUT2D eigenvalue weighted by molar-refractivity contribution is 0.840. The molecule has 0 aliphatic carbocycles. The highest BCUT2D eigenvalue weighted by Crippen LogP contribution is 2.05. The molecular weight excluding hydrogens is 212 g/mol. The van der Waals surface area contributed by atoms with E-state index in [0.29, 0.717) is 0 Å². The van der Waals surface area contributed by atoms with Gasteiger partial charge in [-0.25, -0.2) is 4.98 Å². The van der Waals surface area contributed by atoms with Crippen LogP contribution in [0.15, 0.2) is 30.3 Å². The molecule has 90 valence electrons. The van der Waals surface area contributed by atoms with Crippen molar-refractivity contribution in [1.82, 2.24) is 15.2 Å². The molecule has 4 heteroatoms. The van der Waals surface area contributed by atoms with Crippen LogP contribution in [0.1, 0.15) is 25.0 Å². The molecule has 0 radical (unpaired) electrons. The molecule has 1 aromatic carbocycles. The standard InChI is InChI=1S/C13H18N4/c1-2-6-12-15-13(17-16-12)9-10-14-11-7-4-3-5-8-11/h3-5,7-8,14H,2,6,9-10H2,1H3,(H,15,16,17). The van der Waals surface area contributed by atoms with E-state index in [1.165, 1.54) is 0 Å². The second kappa shape index (κ2) is 6.03. The summed E-state index contributed by atoms with van der Waals surface area (Å²) in [6, 6.07) is 10.2. The Hall–Kier alpha value is -1.84. The minimum atomic E-state index is 0.842. The van der Waals surface area contributed by atoms with Gasteiger partial charge in [0.25, 0.3) is 0 Å². The van der Waals surface area contributed by atoms with E-state index in [4.69, 9.17) is 0 Å². The first-order valence-corrected chi connectivity index (χ1v) is 6.07. The number of para-hydroxylation sites is 1. The topological polar surface area (TPSA) is 53.6 Å². The van der Waals surface area contributed by atoms with Gasteiger partial charge in [-0.1, -0.05) is 25.1 Å². The third-order valence-corrected chi connectivity index (χ3v) is 2.52. The molecule has 0 aliphatic heterocycles. The lowest BCUT2D eigenvalue weighted by Gasteiger charge is -2.03. The van der Waals surface area contributed by atoms with Crippen LogP contribution in [0.5, 0.6) is 0 Å². The van der Waals surface area contributed by atoms with Crippen molar-refractivity contribution in [2.24, 2.45) is 0 Å². The monoisotopic (exact) mass is 230 g/mol. The van der Waals surface area contributed by atoms with Crippen molar-refractivity contribution in [1.29, 1.82) is 0 Å². The number of aromatic amines is 1. The van der Waals surface area contributed by atoms with E-state index in [9.17, 15) is 0 Å². The molecule has 2 N–H and O–H groups in total. The predicted octanol–water partition coefficient (Wildman–Crippen LogP) is 2.41. The summed E-state index contributed by atoms with van der Waals surface area (Å²) in [5, 5.41) is 10.5. The maximum absolute atomic E-state index is 4.42. The maximum atomic E-state index is 4.42. The number of nitrogens with one attached hydrogen (secondary N) is 2. The molecule has 0 saturated carbocycles. The Labute approximate surface area is 101 Å². The Morgan fingerprint density at radius 2 is 2.00 bits per heavy atom. The van der Waals surface area contributed by atoms with Crippen molar-refractivity contribution in [3.63, 3.8) is 0 Å². The number of H-pyrrole nitrogens is 1. The molecule has 2 rings (SSSR count). The molecule has 0 unspecified atom stereocenters. The third kappa shape index (κ3) is 3.59. The number of rotatable bonds is 6. The second-order valence-corrected chi connectivity index (χ2v) is 3.99. The minimum Gasteiger partial charge on any atom is -0.385 e. The molecule has 1 heterocycles. The summed E-state index contributed by atoms with van der Waals surface area (Å²) in [6.45, 7) is 2.99. The van der Waals surface area contributed by atoms with Crippen LogP contribution >= 0.6 is 0 Å². The second-order valence-electron chi connectivity index (χ2n) is 3.99. The van der Waals surface area contributed by atoms with Gasteiger partial charge in [0.2, 0.25) is 0 Å². The quantitative estimate of drug-likeness (QED) is 0.801. The van der Waals surface area contributed by atoms with E-state index in [1.807, 2.05) is 18.2 Å². The minimum absolute atomic E-state index is 0.842. The first-order valence-electron chi connectivity index (χ1n) is 6.07. The van der Waals surface area contributed by atoms with Gasteiger partial charge in [0.1, 0.15) is 5.82 Å². The van der Waals surface area contributed by atoms with Gasteiger partial charge in [0.15, 0.2) is 5.82 Å². The summed E-state index contributed by atoms with van der Waals surface area (Å²) in [4.78, 5) is 4.42. The van der Waals surface area contributed by atoms with Crippen LogP contribution in [0, 0.1) is 0 Å². The predicted molar refractivity (Wildman–Crippen MR) is 69.0 cm³/mol. The van der Waals surface area contributed by atoms with Crippen LogP contribution in [0.2, 0.25) is 0 Å². The van der Waals surface area contributed by atoms with E-state index in [1.54, 1.807) is 0 Å². The molecule has 17 heavy (non-hydrogen) atoms. The van der Waals surface area contributed by atoms with Gasteiger partial charge in [-0.3, -0.25) is 5.10 Å². The number of anilines is 1. The molecule has 0 atom stereocenters. The average Bonchev–Trinajstić information content (AvgIpc) is 2.79. The van der Waals surface area contributed by atoms with Crippen molar-refractivity contribution in [2.75, 3.05) is 11.9 Å². The van der Waals surface area contributed by atoms with E-state index in [2.05, 4.69) is 39.6 Å². The van der Waals surface area contributed by atoms with Crippen LogP contribution < -0.4 is 5.32 Å². The molecule has 0 amide bonds. The van der Waals surface area contributed by atoms with E-state index >= 15 is 0 Å². The highest BCUT2D eigenvalue weighted by molar-refractivity contribution is 5.42. The van der Waals surface area contributed by atoms with Crippen molar-refractivity contribution < 1.29 is 0 Å². The summed E-state index contributed by atoms with van der Waals surface area (Å²) in [5.41, 5.74) is 1.14. The number of benzene rings is 1. The number of hydrogen-bond donors (Lipinski definition) is 2. The lowest BCUT2D eigenvalue weighted by atomic mass is 10.3. The van der Waals surface area contributed by atoms with Crippen molar-refractivity contribution >= 4 is 5.69 Å². The Bertz CT molecular complexity index is 436. The van der Waals surface area contributed by atoms with E-state index < -0.39 is 0 Å². The van der Waals surface area contributed by atoms with Gasteiger partial charge in [-0.05, 0) is 18.6 Å². The molecule has 0 saturated heterocycles. The molecule has 4 nitrogen and oxygen atoms in total. The Morgan fingerprint density at radius 3 is 2.76 bits per heavy atom. The van der Waals surface area contributed by atoms with Gasteiger partial charge >= 0.3 is 0 Å². The summed E-state index contributed by atoms with van der Waals surface area (Å²) in [5.74, 6) is 1.87. The smallest absolute Gasteiger partial charge is 0.152 e. The first kappa shape index (κ1) is 11.6. The maximum Gasteiger partial charge on any atom is 0.152 e. The van der Waals surface area contributed by atoms with Crippen molar-refractivity contribution in [2.45, 2.75) is 26.2 Å². The van der Waals surface area contributed by atoms with Crippen molar-refractivity contribution in [3.05, 3.63) is 42.0 Å². The fraction of sp³-hybridized carbons (Fsp3) is 0.385. The zero-order chi connectivity index (χ0) is 11.9. The summed E-state index contributed by atoms with van der Waals surface area (Å²) >= 11 is 0. The molecule has 0 bridgehead atoms. The number of aromatic nitrogens is 3. The molecule has 0 fully saturated rings. The first-order chi connectivity index (χ1) is 8.38. The fourth-order valence-corrected chi connectivity index (χ4v) is 1.67. The number of hydrogen-bond acceptors (Lipinski definition) is 3. The van der Waals surface area contributed by atoms with E-state index in [-0.39, 0.29) is 0 Å². The van der Waals surface area contributed by atoms with Gasteiger partial charge in [-0.2, -0.15) is 5.10 Å². The van der Waals surface area contributed by atoms with Crippen LogP contribution in [-0.4, -0.2) is 21.7 Å². The van der Waals surface area contributed by atoms with Crippen LogP contribution in [-0.2, 0) is 12.8 Å². The summed E-state index contributed by atoms with van der Waals surface area (Å²) in [7, 11) is 0. The largest absolute Gasteiger partial charge is 0.385 e. The summed E-state index contributed by atoms with van der Waals surface area (Å²) in [6.07, 6.45) is 2.91. The average molecular weight is 230 g/mol. The zero-order valence-electron chi connectivity index (χ0n) is 10.1. The van der Waals surface area contributed by atoms with Crippen LogP contribution in [0.4, 0.5) is 5.69 Å². The number of aryl methyl sites for hydroxylation is 1. The Morgan fingerprint density at radius 1 is 1.18 bits per heavy atom. The molecular formula is C13H18N4. The number of nitrogens with zero attached hydrogens (tertiary/aromatic N) is 2. The molecule has 1 aromatic heterocycles. The normalized spacial score (nSPS) is 10.4. The zero-order valence-corrected chi connectivity index (χ0v) is 10.1. The highest BCUT2D eigenvalue weighted by Gasteiger charge is 2.01. The van der Waals surface area contributed by atoms with E-state index in [0.717, 1.165) is 43.1 Å². The van der Waals surface area contributed by atoms with Crippen molar-refractivity contribution in [3.8, 4) is 0 Å². The lowest BCUT2D eigenvalue weighted by Crippen LogP contribution is -2.05. The SMILES string of the molecule is CCCc1nc(CCNc2ccccc2)n[nH]1. The Balaban J connectivity index is 1.78. The van der Waals surface area contributed by atoms with Gasteiger partial charge in [-0.15, -0.1) is 0 Å². The molecule has 0 aliphatic rings. The van der Waals surface area contributed by atoms with Crippen LogP contribution in [0.25, 0.3) is 0 Å². The highest BCUT2D eigenvalue weighted by atomic mass is 15.2. The van der Waals surface area contributed by atoms with Gasteiger partial charge < -0.3 is 5.32 Å². The third-order valence-electron chi connectivity index (χ3n) is 2.52. The van der Waals surface area contributed by atoms with Gasteiger partial charge in [0.05, 0.1) is 0 Å². The molecule has 0 spiro atoms. The van der Waals surface area contributed by atoms with Crippen LogP contribution in [0.3, 0.4) is 0 Å².